The summed E-state index contributed by atoms with van der Waals surface area (Å²) < 4.78 is 29.0. The topological polar surface area (TPSA) is 54.4 Å². The maximum absolute atomic E-state index is 10.3. The van der Waals surface area contributed by atoms with Crippen molar-refractivity contribution < 1.29 is 13.0 Å². The van der Waals surface area contributed by atoms with E-state index in [0.29, 0.717) is 5.56 Å². The van der Waals surface area contributed by atoms with Crippen LogP contribution in [0, 0.1) is 5.75 Å². The molecule has 0 unspecified atom stereocenters. The van der Waals surface area contributed by atoms with Gasteiger partial charge in [0.2, 0.25) is 0 Å². The van der Waals surface area contributed by atoms with E-state index in [1.165, 1.54) is 0 Å². The van der Waals surface area contributed by atoms with Crippen LogP contribution >= 0.6 is 0 Å². The standard InChI is InChI=1S/C7H7O3S/c8-11(9,10)6-7-4-2-1-3-5-7/h1-6H,(H,8,9,10). The Bertz CT molecular complexity index is 315. The van der Waals surface area contributed by atoms with Crippen molar-refractivity contribution in [1.29, 1.82) is 0 Å². The fraction of sp³-hybridized carbons (Fsp3) is 0. The summed E-state index contributed by atoms with van der Waals surface area (Å²) in [4.78, 5) is 0. The highest BCUT2D eigenvalue weighted by Gasteiger charge is 2.05. The summed E-state index contributed by atoms with van der Waals surface area (Å²) in [6.07, 6.45) is 0. The summed E-state index contributed by atoms with van der Waals surface area (Å²) in [5.74, 6) is 0.799. The molecule has 0 amide bonds. The number of hydrogen-bond donors (Lipinski definition) is 1. The Morgan fingerprint density at radius 1 is 1.18 bits per heavy atom. The van der Waals surface area contributed by atoms with Gasteiger partial charge < -0.3 is 0 Å². The molecule has 0 aliphatic heterocycles. The molecule has 1 N–H and O–H groups in total. The average Bonchev–Trinajstić information content (AvgIpc) is 1.85. The van der Waals surface area contributed by atoms with Gasteiger partial charge in [-0.1, -0.05) is 30.3 Å². The molecule has 1 radical (unpaired) electrons. The molecule has 3 nitrogen and oxygen atoms in total. The van der Waals surface area contributed by atoms with Crippen LogP contribution in [0.15, 0.2) is 30.3 Å². The lowest BCUT2D eigenvalue weighted by atomic mass is 10.2. The molecule has 1 aromatic carbocycles. The zero-order valence-electron chi connectivity index (χ0n) is 5.64. The largest absolute Gasteiger partial charge is 0.285 e. The Kier molecular flexibility index (Phi) is 2.26. The molecule has 0 atom stereocenters. The van der Waals surface area contributed by atoms with Gasteiger partial charge in [-0.25, -0.2) is 0 Å². The molecule has 0 saturated carbocycles. The van der Waals surface area contributed by atoms with Crippen LogP contribution in [0.4, 0.5) is 0 Å². The van der Waals surface area contributed by atoms with Crippen molar-refractivity contribution >= 4 is 10.1 Å². The first kappa shape index (κ1) is 8.23. The molecular weight excluding hydrogens is 164 g/mol. The van der Waals surface area contributed by atoms with Gasteiger partial charge in [0.05, 0.1) is 0 Å². The van der Waals surface area contributed by atoms with Gasteiger partial charge in [0, 0.05) is 0 Å². The van der Waals surface area contributed by atoms with Crippen LogP contribution in [-0.2, 0) is 10.1 Å². The molecule has 1 aromatic rings. The summed E-state index contributed by atoms with van der Waals surface area (Å²) in [5.41, 5.74) is 0.468. The molecule has 0 saturated heterocycles. The van der Waals surface area contributed by atoms with Crippen molar-refractivity contribution in [3.8, 4) is 0 Å². The molecule has 1 rings (SSSR count). The second-order valence-corrected chi connectivity index (χ2v) is 3.31. The molecule has 4 heteroatoms. The molecule has 11 heavy (non-hydrogen) atoms. The lowest BCUT2D eigenvalue weighted by Gasteiger charge is -1.94. The predicted molar refractivity (Wildman–Crippen MR) is 41.4 cm³/mol. The van der Waals surface area contributed by atoms with Gasteiger partial charge in [-0.15, -0.1) is 0 Å². The van der Waals surface area contributed by atoms with E-state index >= 15 is 0 Å². The summed E-state index contributed by atoms with van der Waals surface area (Å²) in [7, 11) is -4.00. The Hall–Kier alpha value is -0.870. The third kappa shape index (κ3) is 3.15. The number of hydrogen-bond acceptors (Lipinski definition) is 2. The maximum atomic E-state index is 10.3. The van der Waals surface area contributed by atoms with E-state index in [0.717, 1.165) is 5.75 Å². The van der Waals surface area contributed by atoms with E-state index in [1.54, 1.807) is 30.3 Å². The maximum Gasteiger partial charge on any atom is 0.273 e. The monoisotopic (exact) mass is 171 g/mol. The highest BCUT2D eigenvalue weighted by Crippen LogP contribution is 2.05. The van der Waals surface area contributed by atoms with Gasteiger partial charge >= 0.3 is 0 Å². The van der Waals surface area contributed by atoms with Crippen molar-refractivity contribution in [3.05, 3.63) is 41.6 Å². The Morgan fingerprint density at radius 3 is 2.18 bits per heavy atom. The third-order valence-corrected chi connectivity index (χ3v) is 1.65. The van der Waals surface area contributed by atoms with E-state index in [9.17, 15) is 8.42 Å². The lowest BCUT2D eigenvalue weighted by molar-refractivity contribution is 0.491. The molecule has 0 aromatic heterocycles. The third-order valence-electron chi connectivity index (χ3n) is 1.08. The molecule has 0 bridgehead atoms. The van der Waals surface area contributed by atoms with Crippen molar-refractivity contribution in [2.75, 3.05) is 0 Å². The van der Waals surface area contributed by atoms with Gasteiger partial charge in [0.25, 0.3) is 10.1 Å². The van der Waals surface area contributed by atoms with Crippen LogP contribution in [-0.4, -0.2) is 13.0 Å². The molecule has 0 aliphatic rings. The van der Waals surface area contributed by atoms with Gasteiger partial charge in [0.15, 0.2) is 0 Å². The van der Waals surface area contributed by atoms with E-state index < -0.39 is 10.1 Å². The first-order chi connectivity index (χ1) is 5.08. The van der Waals surface area contributed by atoms with Crippen molar-refractivity contribution in [2.24, 2.45) is 0 Å². The highest BCUT2D eigenvalue weighted by molar-refractivity contribution is 7.88. The van der Waals surface area contributed by atoms with Crippen molar-refractivity contribution in [3.63, 3.8) is 0 Å². The van der Waals surface area contributed by atoms with E-state index in [2.05, 4.69) is 0 Å². The molecular formula is C7H7O3S. The van der Waals surface area contributed by atoms with Gasteiger partial charge in [-0.3, -0.25) is 4.55 Å². The van der Waals surface area contributed by atoms with E-state index in [1.807, 2.05) is 0 Å². The fourth-order valence-electron chi connectivity index (χ4n) is 0.704. The van der Waals surface area contributed by atoms with Crippen LogP contribution in [0.1, 0.15) is 5.56 Å². The molecule has 0 heterocycles. The number of benzene rings is 1. The van der Waals surface area contributed by atoms with Gasteiger partial charge in [-0.2, -0.15) is 8.42 Å². The first-order valence-corrected chi connectivity index (χ1v) is 4.45. The summed E-state index contributed by atoms with van der Waals surface area (Å²) >= 11 is 0. The Balaban J connectivity index is 2.82. The smallest absolute Gasteiger partial charge is 0.273 e. The lowest BCUT2D eigenvalue weighted by Crippen LogP contribution is -1.97. The SMILES string of the molecule is O=S(=O)(O)[CH]c1ccccc1. The second kappa shape index (κ2) is 3.02. The van der Waals surface area contributed by atoms with Crippen LogP contribution in [0.3, 0.4) is 0 Å². The van der Waals surface area contributed by atoms with Crippen molar-refractivity contribution in [1.82, 2.24) is 0 Å². The van der Waals surface area contributed by atoms with Crippen LogP contribution < -0.4 is 0 Å². The zero-order chi connectivity index (χ0) is 8.32. The quantitative estimate of drug-likeness (QED) is 0.677. The Morgan fingerprint density at radius 2 is 1.73 bits per heavy atom. The molecule has 0 fully saturated rings. The summed E-state index contributed by atoms with van der Waals surface area (Å²) in [6, 6.07) is 8.33. The first-order valence-electron chi connectivity index (χ1n) is 2.95. The van der Waals surface area contributed by atoms with Crippen molar-refractivity contribution in [2.45, 2.75) is 0 Å². The number of rotatable bonds is 2. The fourth-order valence-corrected chi connectivity index (χ4v) is 1.20. The molecule has 59 valence electrons. The minimum Gasteiger partial charge on any atom is -0.285 e. The van der Waals surface area contributed by atoms with Crippen LogP contribution in [0.25, 0.3) is 0 Å². The average molecular weight is 171 g/mol. The summed E-state index contributed by atoms with van der Waals surface area (Å²) in [6.45, 7) is 0. The van der Waals surface area contributed by atoms with Crippen LogP contribution in [0.5, 0.6) is 0 Å². The second-order valence-electron chi connectivity index (χ2n) is 2.04. The van der Waals surface area contributed by atoms with E-state index in [4.69, 9.17) is 4.55 Å². The zero-order valence-corrected chi connectivity index (χ0v) is 6.45. The minimum absolute atomic E-state index is 0.468. The van der Waals surface area contributed by atoms with Gasteiger partial charge in [-0.05, 0) is 5.56 Å². The predicted octanol–water partition coefficient (Wildman–Crippen LogP) is 1.08. The summed E-state index contributed by atoms with van der Waals surface area (Å²) in [5, 5.41) is 0. The van der Waals surface area contributed by atoms with Gasteiger partial charge in [0.1, 0.15) is 5.75 Å². The Labute approximate surface area is 65.4 Å². The van der Waals surface area contributed by atoms with Crippen LogP contribution in [0.2, 0.25) is 0 Å². The minimum atomic E-state index is -4.00. The van der Waals surface area contributed by atoms with E-state index in [-0.39, 0.29) is 0 Å². The normalized spacial score (nSPS) is 11.4. The molecule has 0 aliphatic carbocycles. The molecule has 0 spiro atoms. The highest BCUT2D eigenvalue weighted by atomic mass is 32.2.